The maximum absolute atomic E-state index is 9.13. The number of aliphatic hydroxyl groups is 4. The first kappa shape index (κ1) is 11.8. The van der Waals surface area contributed by atoms with Gasteiger partial charge >= 0.3 is 0 Å². The van der Waals surface area contributed by atoms with Crippen molar-refractivity contribution in [3.63, 3.8) is 0 Å². The second-order valence-electron chi connectivity index (χ2n) is 2.51. The highest BCUT2D eigenvalue weighted by Gasteiger charge is 2.41. The van der Waals surface area contributed by atoms with Crippen LogP contribution in [0.5, 0.6) is 0 Å². The first-order valence-electron chi connectivity index (χ1n) is 3.59. The molecule has 0 unspecified atom stereocenters. The number of rotatable bonds is 5. The molecule has 0 amide bonds. The van der Waals surface area contributed by atoms with Crippen molar-refractivity contribution in [2.45, 2.75) is 18.8 Å². The van der Waals surface area contributed by atoms with Gasteiger partial charge in [0.15, 0.2) is 6.29 Å². The molecule has 12 heavy (non-hydrogen) atoms. The topological polar surface area (TPSA) is 104 Å². The lowest BCUT2D eigenvalue weighted by molar-refractivity contribution is -0.272. The van der Waals surface area contributed by atoms with Crippen molar-refractivity contribution in [3.8, 4) is 0 Å². The molecule has 0 heterocycles. The van der Waals surface area contributed by atoms with E-state index in [0.717, 1.165) is 0 Å². The number of hydrogen-bond donors (Lipinski definition) is 5. The predicted molar refractivity (Wildman–Crippen MR) is 39.3 cm³/mol. The molecule has 5 N–H and O–H groups in total. The summed E-state index contributed by atoms with van der Waals surface area (Å²) in [5, 5.41) is 44.8. The average Bonchev–Trinajstić information content (AvgIpc) is 2.06. The summed E-state index contributed by atoms with van der Waals surface area (Å²) in [4.78, 5) is 0. The van der Waals surface area contributed by atoms with Crippen LogP contribution in [0, 0.1) is 0 Å². The fourth-order valence-electron chi connectivity index (χ4n) is 0.825. The Labute approximate surface area is 70.2 Å². The summed E-state index contributed by atoms with van der Waals surface area (Å²) in [6, 6.07) is 0. The number of nitrogens with zero attached hydrogens (tertiary/aromatic N) is 1. The van der Waals surface area contributed by atoms with Crippen LogP contribution in [0.15, 0.2) is 0 Å². The lowest BCUT2D eigenvalue weighted by Crippen LogP contribution is -2.60. The van der Waals surface area contributed by atoms with E-state index in [9.17, 15) is 0 Å². The second kappa shape index (κ2) is 4.70. The molecular weight excluding hydrogens is 166 g/mol. The minimum absolute atomic E-state index is 0.0682. The third-order valence-electron chi connectivity index (χ3n) is 1.84. The van der Waals surface area contributed by atoms with Crippen molar-refractivity contribution in [3.05, 3.63) is 0 Å². The van der Waals surface area contributed by atoms with Gasteiger partial charge in [0.05, 0.1) is 13.2 Å². The number of aliphatic hydroxyl groups excluding tert-OH is 3. The van der Waals surface area contributed by atoms with E-state index in [1.165, 1.54) is 0 Å². The van der Waals surface area contributed by atoms with Crippen LogP contribution >= 0.6 is 0 Å². The van der Waals surface area contributed by atoms with E-state index in [0.29, 0.717) is 5.06 Å². The quantitative estimate of drug-likeness (QED) is 0.242. The Balaban J connectivity index is 4.56. The van der Waals surface area contributed by atoms with Crippen LogP contribution < -0.4 is 0 Å². The second-order valence-corrected chi connectivity index (χ2v) is 2.51. The van der Waals surface area contributed by atoms with E-state index in [2.05, 4.69) is 0 Å². The van der Waals surface area contributed by atoms with Gasteiger partial charge in [0.25, 0.3) is 0 Å². The maximum Gasteiger partial charge on any atom is 0.177 e. The van der Waals surface area contributed by atoms with Crippen molar-refractivity contribution in [2.75, 3.05) is 19.8 Å². The Morgan fingerprint density at radius 1 is 1.25 bits per heavy atom. The highest BCUT2D eigenvalue weighted by Crippen LogP contribution is 2.15. The van der Waals surface area contributed by atoms with Crippen molar-refractivity contribution < 1.29 is 25.6 Å². The van der Waals surface area contributed by atoms with Crippen LogP contribution in [0.25, 0.3) is 0 Å². The van der Waals surface area contributed by atoms with Gasteiger partial charge in [-0.1, -0.05) is 6.92 Å². The number of hydroxylamine groups is 2. The van der Waals surface area contributed by atoms with Gasteiger partial charge in [-0.2, -0.15) is 5.06 Å². The summed E-state index contributed by atoms with van der Waals surface area (Å²) in [6.07, 6.45) is -2.00. The molecule has 0 aliphatic rings. The smallest absolute Gasteiger partial charge is 0.177 e. The van der Waals surface area contributed by atoms with E-state index < -0.39 is 25.0 Å². The summed E-state index contributed by atoms with van der Waals surface area (Å²) in [5.74, 6) is 0. The van der Waals surface area contributed by atoms with Gasteiger partial charge < -0.3 is 25.6 Å². The van der Waals surface area contributed by atoms with Crippen LogP contribution in [0.1, 0.15) is 6.92 Å². The monoisotopic (exact) mass is 181 g/mol. The van der Waals surface area contributed by atoms with Gasteiger partial charge in [-0.15, -0.1) is 0 Å². The maximum atomic E-state index is 9.13. The molecule has 0 aromatic rings. The SMILES string of the molecule is CCN(O)C(CO)(CO)C(O)O. The molecule has 0 fully saturated rings. The summed E-state index contributed by atoms with van der Waals surface area (Å²) in [5.41, 5.74) is -1.80. The zero-order valence-electron chi connectivity index (χ0n) is 6.88. The highest BCUT2D eigenvalue weighted by atomic mass is 16.5. The first-order valence-corrected chi connectivity index (χ1v) is 3.59. The molecule has 0 radical (unpaired) electrons. The third-order valence-corrected chi connectivity index (χ3v) is 1.84. The van der Waals surface area contributed by atoms with Gasteiger partial charge in [0.1, 0.15) is 5.54 Å². The van der Waals surface area contributed by atoms with Crippen molar-refractivity contribution in [1.82, 2.24) is 5.06 Å². The Morgan fingerprint density at radius 2 is 1.67 bits per heavy atom. The highest BCUT2D eigenvalue weighted by molar-refractivity contribution is 4.87. The Hall–Kier alpha value is -0.240. The Kier molecular flexibility index (Phi) is 4.61. The van der Waals surface area contributed by atoms with E-state index >= 15 is 0 Å². The molecule has 6 nitrogen and oxygen atoms in total. The summed E-state index contributed by atoms with van der Waals surface area (Å²) in [7, 11) is 0. The van der Waals surface area contributed by atoms with E-state index in [-0.39, 0.29) is 6.54 Å². The zero-order valence-corrected chi connectivity index (χ0v) is 6.88. The minimum Gasteiger partial charge on any atom is -0.394 e. The molecule has 6 heteroatoms. The van der Waals surface area contributed by atoms with Crippen molar-refractivity contribution in [2.24, 2.45) is 0 Å². The summed E-state index contributed by atoms with van der Waals surface area (Å²) in [6.45, 7) is 0.123. The molecule has 0 aromatic carbocycles. The molecule has 0 aromatic heterocycles. The Morgan fingerprint density at radius 3 is 1.75 bits per heavy atom. The molecule has 74 valence electrons. The van der Waals surface area contributed by atoms with Crippen LogP contribution in [-0.2, 0) is 0 Å². The molecular formula is C6H15NO5. The lowest BCUT2D eigenvalue weighted by Gasteiger charge is -2.37. The molecule has 0 rings (SSSR count). The van der Waals surface area contributed by atoms with E-state index in [1.807, 2.05) is 0 Å². The largest absolute Gasteiger partial charge is 0.394 e. The van der Waals surface area contributed by atoms with Crippen molar-refractivity contribution in [1.29, 1.82) is 0 Å². The van der Waals surface area contributed by atoms with Gasteiger partial charge in [0, 0.05) is 6.54 Å². The molecule has 0 saturated heterocycles. The molecule has 0 atom stereocenters. The van der Waals surface area contributed by atoms with Gasteiger partial charge in [-0.3, -0.25) is 0 Å². The molecule has 0 spiro atoms. The summed E-state index contributed by atoms with van der Waals surface area (Å²) < 4.78 is 0. The fraction of sp³-hybridized carbons (Fsp3) is 1.00. The van der Waals surface area contributed by atoms with Crippen LogP contribution in [0.3, 0.4) is 0 Å². The minimum atomic E-state index is -2.00. The van der Waals surface area contributed by atoms with Gasteiger partial charge in [0.2, 0.25) is 0 Å². The van der Waals surface area contributed by atoms with Crippen LogP contribution in [-0.4, -0.2) is 62.3 Å². The van der Waals surface area contributed by atoms with Crippen LogP contribution in [0.2, 0.25) is 0 Å². The fourth-order valence-corrected chi connectivity index (χ4v) is 0.825. The average molecular weight is 181 g/mol. The van der Waals surface area contributed by atoms with E-state index in [1.54, 1.807) is 6.92 Å². The van der Waals surface area contributed by atoms with Gasteiger partial charge in [-0.05, 0) is 0 Å². The molecule has 0 aliphatic heterocycles. The normalized spacial score (nSPS) is 13.0. The molecule has 0 saturated carbocycles. The lowest BCUT2D eigenvalue weighted by atomic mass is 10.0. The first-order chi connectivity index (χ1) is 5.55. The predicted octanol–water partition coefficient (Wildman–Crippen LogP) is -2.27. The van der Waals surface area contributed by atoms with Crippen LogP contribution in [0.4, 0.5) is 0 Å². The van der Waals surface area contributed by atoms with Gasteiger partial charge in [-0.25, -0.2) is 0 Å². The summed E-state index contributed by atoms with van der Waals surface area (Å²) >= 11 is 0. The Bertz CT molecular complexity index is 125. The number of hydrogen-bond acceptors (Lipinski definition) is 6. The number of likely N-dealkylation sites (N-methyl/N-ethyl adjacent to an activating group) is 1. The zero-order chi connectivity index (χ0) is 9.78. The van der Waals surface area contributed by atoms with E-state index in [4.69, 9.17) is 25.6 Å². The molecule has 0 aliphatic carbocycles. The standard InChI is InChI=1S/C6H15NO5/c1-2-7(12)6(3-8,4-9)5(10)11/h5,8-12H,2-4H2,1H3. The van der Waals surface area contributed by atoms with Crippen molar-refractivity contribution >= 4 is 0 Å². The molecule has 0 bridgehead atoms. The third kappa shape index (κ3) is 1.92.